The molecule has 0 saturated heterocycles. The number of thioether (sulfide) groups is 1. The first-order chi connectivity index (χ1) is 9.66. The van der Waals surface area contributed by atoms with Crippen LogP contribution in [0.3, 0.4) is 0 Å². The molecule has 0 fully saturated rings. The first kappa shape index (κ1) is 14.0. The highest BCUT2D eigenvalue weighted by atomic mass is 79.9. The Bertz CT molecular complexity index is 644. The summed E-state index contributed by atoms with van der Waals surface area (Å²) in [5.41, 5.74) is 3.36. The van der Waals surface area contributed by atoms with Crippen molar-refractivity contribution < 1.29 is 4.39 Å². The number of anilines is 1. The highest BCUT2D eigenvalue weighted by Crippen LogP contribution is 2.40. The van der Waals surface area contributed by atoms with Gasteiger partial charge in [0.15, 0.2) is 0 Å². The molecule has 2 aromatic rings. The van der Waals surface area contributed by atoms with Gasteiger partial charge in [-0.1, -0.05) is 34.1 Å². The Morgan fingerprint density at radius 1 is 1.25 bits per heavy atom. The molecule has 1 N–H and O–H groups in total. The zero-order valence-electron chi connectivity index (χ0n) is 11.1. The third-order valence-corrected chi connectivity index (χ3v) is 5.64. The molecule has 4 heteroatoms. The Hall–Kier alpha value is -1.00. The molecule has 0 spiro atoms. The van der Waals surface area contributed by atoms with Gasteiger partial charge >= 0.3 is 0 Å². The summed E-state index contributed by atoms with van der Waals surface area (Å²) in [6.45, 7) is 2.08. The summed E-state index contributed by atoms with van der Waals surface area (Å²) in [7, 11) is 0. The van der Waals surface area contributed by atoms with Crippen LogP contribution in [-0.4, -0.2) is 5.75 Å². The predicted octanol–water partition coefficient (Wildman–Crippen LogP) is 5.55. The molecule has 0 amide bonds. The summed E-state index contributed by atoms with van der Waals surface area (Å²) in [6.07, 6.45) is 1.01. The largest absolute Gasteiger partial charge is 0.378 e. The number of fused-ring (bicyclic) bond motifs is 1. The van der Waals surface area contributed by atoms with E-state index in [1.54, 1.807) is 23.9 Å². The summed E-state index contributed by atoms with van der Waals surface area (Å²) in [5, 5.41) is 3.56. The van der Waals surface area contributed by atoms with Crippen LogP contribution >= 0.6 is 27.7 Å². The van der Waals surface area contributed by atoms with Crippen LogP contribution in [0.2, 0.25) is 0 Å². The minimum atomic E-state index is -0.107. The molecule has 2 aromatic carbocycles. The Morgan fingerprint density at radius 2 is 2.05 bits per heavy atom. The molecular formula is C16H15BrFNS. The van der Waals surface area contributed by atoms with Gasteiger partial charge in [-0.2, -0.15) is 0 Å². The number of nitrogens with one attached hydrogen (secondary N) is 1. The van der Waals surface area contributed by atoms with Crippen molar-refractivity contribution in [2.45, 2.75) is 24.3 Å². The van der Waals surface area contributed by atoms with Gasteiger partial charge in [-0.05, 0) is 42.7 Å². The predicted molar refractivity (Wildman–Crippen MR) is 87.0 cm³/mol. The molecule has 104 valence electrons. The van der Waals surface area contributed by atoms with Gasteiger partial charge in [-0.25, -0.2) is 4.39 Å². The minimum Gasteiger partial charge on any atom is -0.378 e. The quantitative estimate of drug-likeness (QED) is 0.761. The molecule has 1 unspecified atom stereocenters. The first-order valence-corrected chi connectivity index (χ1v) is 8.37. The number of rotatable bonds is 2. The second-order valence-corrected chi connectivity index (χ2v) is 6.86. The summed E-state index contributed by atoms with van der Waals surface area (Å²) < 4.78 is 15.0. The van der Waals surface area contributed by atoms with Crippen LogP contribution in [0, 0.1) is 12.7 Å². The van der Waals surface area contributed by atoms with Gasteiger partial charge in [-0.15, -0.1) is 11.8 Å². The lowest BCUT2D eigenvalue weighted by Gasteiger charge is -2.27. The van der Waals surface area contributed by atoms with Crippen molar-refractivity contribution in [3.63, 3.8) is 0 Å². The molecule has 1 heterocycles. The van der Waals surface area contributed by atoms with Crippen LogP contribution in [0.4, 0.5) is 10.1 Å². The average Bonchev–Trinajstić information content (AvgIpc) is 2.45. The van der Waals surface area contributed by atoms with Crippen molar-refractivity contribution in [1.82, 2.24) is 0 Å². The lowest BCUT2D eigenvalue weighted by Crippen LogP contribution is -2.17. The molecule has 3 rings (SSSR count). The minimum absolute atomic E-state index is 0.107. The molecule has 1 aliphatic rings. The molecule has 0 aliphatic carbocycles. The van der Waals surface area contributed by atoms with E-state index in [9.17, 15) is 4.39 Å². The van der Waals surface area contributed by atoms with Crippen LogP contribution in [-0.2, 0) is 0 Å². The first-order valence-electron chi connectivity index (χ1n) is 6.59. The van der Waals surface area contributed by atoms with E-state index in [1.807, 2.05) is 18.2 Å². The van der Waals surface area contributed by atoms with Crippen molar-refractivity contribution in [3.05, 3.63) is 57.8 Å². The Balaban J connectivity index is 1.94. The van der Waals surface area contributed by atoms with Gasteiger partial charge in [0.2, 0.25) is 0 Å². The lowest BCUT2D eigenvalue weighted by molar-refractivity contribution is 0.585. The molecule has 0 aromatic heterocycles. The second kappa shape index (κ2) is 5.78. The number of halogens is 2. The summed E-state index contributed by atoms with van der Waals surface area (Å²) in [6, 6.07) is 11.7. The van der Waals surface area contributed by atoms with E-state index < -0.39 is 0 Å². The van der Waals surface area contributed by atoms with Gasteiger partial charge < -0.3 is 5.32 Å². The third kappa shape index (κ3) is 2.59. The fourth-order valence-electron chi connectivity index (χ4n) is 2.49. The van der Waals surface area contributed by atoms with Crippen LogP contribution < -0.4 is 5.32 Å². The Morgan fingerprint density at radius 3 is 2.90 bits per heavy atom. The number of hydrogen-bond acceptors (Lipinski definition) is 2. The van der Waals surface area contributed by atoms with Gasteiger partial charge in [0.1, 0.15) is 5.82 Å². The molecule has 0 radical (unpaired) electrons. The maximum absolute atomic E-state index is 13.9. The standard InChI is InChI=1S/C16H15BrFNS/c1-10-12(17)5-3-7-14(10)19-15-8-9-20-16-11(15)4-2-6-13(16)18/h2-7,15,19H,8-9H2,1H3. The van der Waals surface area contributed by atoms with Crippen LogP contribution in [0.15, 0.2) is 45.8 Å². The monoisotopic (exact) mass is 351 g/mol. The van der Waals surface area contributed by atoms with E-state index in [0.717, 1.165) is 32.8 Å². The van der Waals surface area contributed by atoms with Crippen molar-refractivity contribution in [1.29, 1.82) is 0 Å². The summed E-state index contributed by atoms with van der Waals surface area (Å²) >= 11 is 5.16. The average molecular weight is 352 g/mol. The maximum atomic E-state index is 13.9. The molecule has 0 saturated carbocycles. The van der Waals surface area contributed by atoms with Gasteiger partial charge in [-0.3, -0.25) is 0 Å². The van der Waals surface area contributed by atoms with E-state index >= 15 is 0 Å². The molecule has 1 nitrogen and oxygen atoms in total. The van der Waals surface area contributed by atoms with Crippen molar-refractivity contribution in [2.24, 2.45) is 0 Å². The smallest absolute Gasteiger partial charge is 0.137 e. The molecule has 20 heavy (non-hydrogen) atoms. The summed E-state index contributed by atoms with van der Waals surface area (Å²) in [4.78, 5) is 0.795. The maximum Gasteiger partial charge on any atom is 0.137 e. The van der Waals surface area contributed by atoms with E-state index in [4.69, 9.17) is 0 Å². The normalized spacial score (nSPS) is 17.6. The number of hydrogen-bond donors (Lipinski definition) is 1. The topological polar surface area (TPSA) is 12.0 Å². The van der Waals surface area contributed by atoms with E-state index in [2.05, 4.69) is 34.2 Å². The van der Waals surface area contributed by atoms with Gasteiger partial charge in [0, 0.05) is 20.8 Å². The van der Waals surface area contributed by atoms with Gasteiger partial charge in [0.25, 0.3) is 0 Å². The second-order valence-electron chi connectivity index (χ2n) is 4.90. The Labute approximate surface area is 131 Å². The third-order valence-electron chi connectivity index (χ3n) is 3.62. The molecule has 1 atom stereocenters. The summed E-state index contributed by atoms with van der Waals surface area (Å²) in [5.74, 6) is 0.837. The van der Waals surface area contributed by atoms with E-state index in [1.165, 1.54) is 5.56 Å². The van der Waals surface area contributed by atoms with E-state index in [-0.39, 0.29) is 11.9 Å². The highest BCUT2D eigenvalue weighted by molar-refractivity contribution is 9.10. The zero-order chi connectivity index (χ0) is 14.1. The SMILES string of the molecule is Cc1c(Br)cccc1NC1CCSc2c(F)cccc21. The van der Waals surface area contributed by atoms with Crippen molar-refractivity contribution in [3.8, 4) is 0 Å². The van der Waals surface area contributed by atoms with Crippen LogP contribution in [0.1, 0.15) is 23.6 Å². The fourth-order valence-corrected chi connectivity index (χ4v) is 3.99. The van der Waals surface area contributed by atoms with Crippen LogP contribution in [0.25, 0.3) is 0 Å². The van der Waals surface area contributed by atoms with Crippen LogP contribution in [0.5, 0.6) is 0 Å². The Kier molecular flexibility index (Phi) is 4.03. The number of benzene rings is 2. The zero-order valence-corrected chi connectivity index (χ0v) is 13.5. The molecule has 0 bridgehead atoms. The van der Waals surface area contributed by atoms with Gasteiger partial charge in [0.05, 0.1) is 6.04 Å². The molecular weight excluding hydrogens is 337 g/mol. The lowest BCUT2D eigenvalue weighted by atomic mass is 10.0. The van der Waals surface area contributed by atoms with Crippen molar-refractivity contribution in [2.75, 3.05) is 11.1 Å². The molecule has 1 aliphatic heterocycles. The van der Waals surface area contributed by atoms with E-state index in [0.29, 0.717) is 0 Å². The van der Waals surface area contributed by atoms with Crippen molar-refractivity contribution >= 4 is 33.4 Å². The fraction of sp³-hybridized carbons (Fsp3) is 0.250. The highest BCUT2D eigenvalue weighted by Gasteiger charge is 2.23.